The van der Waals surface area contributed by atoms with Crippen LogP contribution in [0.2, 0.25) is 5.02 Å². The highest BCUT2D eigenvalue weighted by Crippen LogP contribution is 2.31. The molecule has 1 amide bonds. The van der Waals surface area contributed by atoms with Crippen LogP contribution in [0.15, 0.2) is 29.2 Å². The minimum atomic E-state index is -0.146. The van der Waals surface area contributed by atoms with Crippen molar-refractivity contribution in [3.63, 3.8) is 0 Å². The molecule has 0 saturated carbocycles. The van der Waals surface area contributed by atoms with E-state index in [1.54, 1.807) is 0 Å². The molecule has 0 aromatic heterocycles. The minimum absolute atomic E-state index is 0.0974. The normalized spacial score (nSPS) is 24.5. The lowest BCUT2D eigenvalue weighted by molar-refractivity contribution is -0.142. The van der Waals surface area contributed by atoms with Gasteiger partial charge in [-0.25, -0.2) is 0 Å². The minimum Gasteiger partial charge on any atom is -0.372 e. The van der Waals surface area contributed by atoms with Gasteiger partial charge < -0.3 is 9.64 Å². The Morgan fingerprint density at radius 1 is 1.35 bits per heavy atom. The molecule has 1 fully saturated rings. The van der Waals surface area contributed by atoms with Crippen molar-refractivity contribution in [2.24, 2.45) is 0 Å². The zero-order valence-corrected chi connectivity index (χ0v) is 13.6. The Morgan fingerprint density at radius 2 is 1.95 bits per heavy atom. The van der Waals surface area contributed by atoms with Gasteiger partial charge in [0.05, 0.1) is 22.5 Å². The van der Waals surface area contributed by atoms with Gasteiger partial charge in [-0.05, 0) is 32.9 Å². The molecule has 3 atom stereocenters. The fourth-order valence-corrected chi connectivity index (χ4v) is 3.63. The van der Waals surface area contributed by atoms with E-state index in [4.69, 9.17) is 16.3 Å². The van der Waals surface area contributed by atoms with Crippen LogP contribution < -0.4 is 0 Å². The van der Waals surface area contributed by atoms with E-state index < -0.39 is 0 Å². The molecule has 1 aliphatic heterocycles. The number of nitrogens with zero attached hydrogens (tertiary/aromatic N) is 1. The van der Waals surface area contributed by atoms with Crippen molar-refractivity contribution < 1.29 is 9.53 Å². The predicted molar refractivity (Wildman–Crippen MR) is 83.4 cm³/mol. The third-order valence-corrected chi connectivity index (χ3v) is 4.83. The third kappa shape index (κ3) is 3.90. The summed E-state index contributed by atoms with van der Waals surface area (Å²) in [4.78, 5) is 15.4. The van der Waals surface area contributed by atoms with Crippen LogP contribution in [0.5, 0.6) is 0 Å². The Balaban J connectivity index is 2.00. The molecule has 1 saturated heterocycles. The summed E-state index contributed by atoms with van der Waals surface area (Å²) in [5, 5.41) is 0.549. The first kappa shape index (κ1) is 15.7. The molecule has 5 heteroatoms. The summed E-state index contributed by atoms with van der Waals surface area (Å²) in [5.74, 6) is 0.150. The molecule has 0 N–H and O–H groups in total. The highest BCUT2D eigenvalue weighted by molar-refractivity contribution is 8.00. The molecule has 0 bridgehead atoms. The van der Waals surface area contributed by atoms with Gasteiger partial charge in [0.1, 0.15) is 0 Å². The molecule has 110 valence electrons. The van der Waals surface area contributed by atoms with Gasteiger partial charge in [-0.3, -0.25) is 4.79 Å². The van der Waals surface area contributed by atoms with Crippen LogP contribution in [0.3, 0.4) is 0 Å². The number of carbonyl (C=O) groups is 1. The standard InChI is InChI=1S/C15H20ClNO2S/c1-10-8-17(9-11(2)19-10)15(18)12(3)20-14-7-5-4-6-13(14)16/h4-7,10-12H,8-9H2,1-3H3. The fraction of sp³-hybridized carbons (Fsp3) is 0.533. The van der Waals surface area contributed by atoms with Gasteiger partial charge in [-0.15, -0.1) is 11.8 Å². The largest absolute Gasteiger partial charge is 0.372 e. The molecule has 1 aromatic carbocycles. The van der Waals surface area contributed by atoms with Crippen LogP contribution in [-0.4, -0.2) is 41.4 Å². The van der Waals surface area contributed by atoms with Gasteiger partial charge >= 0.3 is 0 Å². The summed E-state index contributed by atoms with van der Waals surface area (Å²) in [7, 11) is 0. The molecule has 0 spiro atoms. The zero-order valence-electron chi connectivity index (χ0n) is 12.0. The van der Waals surface area contributed by atoms with E-state index in [0.717, 1.165) is 4.90 Å². The number of carbonyl (C=O) groups excluding carboxylic acids is 1. The summed E-state index contributed by atoms with van der Waals surface area (Å²) in [6.45, 7) is 7.26. The van der Waals surface area contributed by atoms with Gasteiger partial charge in [0, 0.05) is 18.0 Å². The average molecular weight is 314 g/mol. The van der Waals surface area contributed by atoms with E-state index in [1.165, 1.54) is 11.8 Å². The Bertz CT molecular complexity index is 473. The highest BCUT2D eigenvalue weighted by atomic mass is 35.5. The number of ether oxygens (including phenoxy) is 1. The molecule has 3 nitrogen and oxygen atoms in total. The number of amides is 1. The van der Waals surface area contributed by atoms with Crippen molar-refractivity contribution in [1.82, 2.24) is 4.90 Å². The predicted octanol–water partition coefficient (Wildman–Crippen LogP) is 3.46. The molecule has 0 aliphatic carbocycles. The summed E-state index contributed by atoms with van der Waals surface area (Å²) in [5.41, 5.74) is 0. The molecule has 0 radical (unpaired) electrons. The van der Waals surface area contributed by atoms with Crippen molar-refractivity contribution in [3.8, 4) is 0 Å². The number of hydrogen-bond donors (Lipinski definition) is 0. The van der Waals surface area contributed by atoms with Gasteiger partial charge in [0.25, 0.3) is 0 Å². The number of benzene rings is 1. The molecule has 1 aliphatic rings. The summed E-state index contributed by atoms with van der Waals surface area (Å²) < 4.78 is 5.66. The van der Waals surface area contributed by atoms with Crippen molar-refractivity contribution in [3.05, 3.63) is 29.3 Å². The molecule has 1 aromatic rings. The molecular formula is C15H20ClNO2S. The molecule has 2 rings (SSSR count). The van der Waals surface area contributed by atoms with Crippen LogP contribution in [0.4, 0.5) is 0 Å². The summed E-state index contributed by atoms with van der Waals surface area (Å²) in [6, 6.07) is 7.62. The third-order valence-electron chi connectivity index (χ3n) is 3.22. The van der Waals surface area contributed by atoms with Crippen molar-refractivity contribution in [1.29, 1.82) is 0 Å². The van der Waals surface area contributed by atoms with Gasteiger partial charge in [0.15, 0.2) is 0 Å². The maximum Gasteiger partial charge on any atom is 0.235 e. The quantitative estimate of drug-likeness (QED) is 0.800. The lowest BCUT2D eigenvalue weighted by Gasteiger charge is -2.36. The summed E-state index contributed by atoms with van der Waals surface area (Å²) >= 11 is 7.65. The second-order valence-corrected chi connectivity index (χ2v) is 6.98. The first-order valence-corrected chi connectivity index (χ1v) is 8.08. The number of morpholine rings is 1. The summed E-state index contributed by atoms with van der Waals surface area (Å²) in [6.07, 6.45) is 0.195. The lowest BCUT2D eigenvalue weighted by Crippen LogP contribution is -2.50. The van der Waals surface area contributed by atoms with Crippen molar-refractivity contribution >= 4 is 29.3 Å². The Morgan fingerprint density at radius 3 is 2.55 bits per heavy atom. The maximum atomic E-state index is 12.5. The lowest BCUT2D eigenvalue weighted by atomic mass is 10.2. The van der Waals surface area contributed by atoms with E-state index in [-0.39, 0.29) is 23.4 Å². The smallest absolute Gasteiger partial charge is 0.235 e. The van der Waals surface area contributed by atoms with Gasteiger partial charge in [0.2, 0.25) is 5.91 Å². The van der Waals surface area contributed by atoms with Crippen LogP contribution >= 0.6 is 23.4 Å². The van der Waals surface area contributed by atoms with Crippen molar-refractivity contribution in [2.75, 3.05) is 13.1 Å². The first-order valence-electron chi connectivity index (χ1n) is 6.82. The topological polar surface area (TPSA) is 29.5 Å². The molecule has 20 heavy (non-hydrogen) atoms. The highest BCUT2D eigenvalue weighted by Gasteiger charge is 2.29. The van der Waals surface area contributed by atoms with Gasteiger partial charge in [-0.2, -0.15) is 0 Å². The SMILES string of the molecule is CC1CN(C(=O)C(C)Sc2ccccc2Cl)CC(C)O1. The van der Waals surface area contributed by atoms with E-state index in [9.17, 15) is 4.79 Å². The second kappa shape index (κ2) is 6.83. The fourth-order valence-electron chi connectivity index (χ4n) is 2.40. The van der Waals surface area contributed by atoms with Gasteiger partial charge in [-0.1, -0.05) is 23.7 Å². The maximum absolute atomic E-state index is 12.5. The molecule has 3 unspecified atom stereocenters. The van der Waals surface area contributed by atoms with E-state index >= 15 is 0 Å². The van der Waals surface area contributed by atoms with Crippen molar-refractivity contribution in [2.45, 2.75) is 43.1 Å². The van der Waals surface area contributed by atoms with E-state index in [2.05, 4.69) is 0 Å². The number of rotatable bonds is 3. The molecular weight excluding hydrogens is 294 g/mol. The Hall–Kier alpha value is -0.710. The van der Waals surface area contributed by atoms with Crippen LogP contribution in [0.25, 0.3) is 0 Å². The number of thioether (sulfide) groups is 1. The van der Waals surface area contributed by atoms with Crippen LogP contribution in [0, 0.1) is 0 Å². The average Bonchev–Trinajstić information content (AvgIpc) is 2.39. The van der Waals surface area contributed by atoms with E-state index in [1.807, 2.05) is 49.9 Å². The number of halogens is 1. The van der Waals surface area contributed by atoms with Crippen LogP contribution in [0.1, 0.15) is 20.8 Å². The van der Waals surface area contributed by atoms with E-state index in [0.29, 0.717) is 18.1 Å². The Labute approximate surface area is 129 Å². The Kier molecular flexibility index (Phi) is 5.35. The molecule has 1 heterocycles. The van der Waals surface area contributed by atoms with Crippen LogP contribution in [-0.2, 0) is 9.53 Å². The number of hydrogen-bond acceptors (Lipinski definition) is 3. The zero-order chi connectivity index (χ0) is 14.7. The second-order valence-electron chi connectivity index (χ2n) is 5.19. The first-order chi connectivity index (χ1) is 9.47. The monoisotopic (exact) mass is 313 g/mol.